The lowest BCUT2D eigenvalue weighted by Crippen LogP contribution is -2.69. The van der Waals surface area contributed by atoms with Crippen LogP contribution in [-0.4, -0.2) is 66.1 Å². The smallest absolute Gasteiger partial charge is 0.200 e. The van der Waals surface area contributed by atoms with Crippen LogP contribution in [-0.2, 0) is 28.2 Å². The Morgan fingerprint density at radius 1 is 1.06 bits per heavy atom. The zero-order valence-corrected chi connectivity index (χ0v) is 24.3. The molecule has 0 aromatic rings. The summed E-state index contributed by atoms with van der Waals surface area (Å²) >= 11 is 0. The lowest BCUT2D eigenvalue weighted by atomic mass is 9.55. The monoisotopic (exact) mass is 510 g/mol. The van der Waals surface area contributed by atoms with Crippen molar-refractivity contribution in [3.05, 3.63) is 12.2 Å². The molecule has 2 aliphatic carbocycles. The van der Waals surface area contributed by atoms with E-state index in [1.54, 1.807) is 7.11 Å². The van der Waals surface area contributed by atoms with E-state index >= 15 is 0 Å². The van der Waals surface area contributed by atoms with Crippen LogP contribution in [0.1, 0.15) is 67.7 Å². The third kappa shape index (κ3) is 5.51. The van der Waals surface area contributed by atoms with Crippen LogP contribution in [0.25, 0.3) is 0 Å². The maximum Gasteiger partial charge on any atom is 0.200 e. The molecule has 3 fully saturated rings. The molecular weight excluding hydrogens is 460 g/mol. The first kappa shape index (κ1) is 29.0. The summed E-state index contributed by atoms with van der Waals surface area (Å²) in [5, 5.41) is 0. The van der Waals surface area contributed by atoms with Gasteiger partial charge in [0.1, 0.15) is 12.4 Å². The number of methoxy groups -OCH3 is 1. The first-order chi connectivity index (χ1) is 16.7. The van der Waals surface area contributed by atoms with Crippen molar-refractivity contribution in [1.82, 2.24) is 0 Å². The average molecular weight is 511 g/mol. The molecule has 4 rings (SSSR count). The number of fused-ring (bicyclic) bond motifs is 1. The number of carbonyl (C=O) groups is 1. The molecule has 2 aliphatic heterocycles. The van der Waals surface area contributed by atoms with E-state index in [2.05, 4.69) is 60.6 Å². The Kier molecular flexibility index (Phi) is 10.2. The summed E-state index contributed by atoms with van der Waals surface area (Å²) in [5.74, 6) is 0.626. The molecule has 202 valence electrons. The Morgan fingerprint density at radius 2 is 1.74 bits per heavy atom. The average Bonchev–Trinajstić information content (AvgIpc) is 2.80. The van der Waals surface area contributed by atoms with Gasteiger partial charge < -0.3 is 28.2 Å². The van der Waals surface area contributed by atoms with Crippen LogP contribution >= 0.6 is 0 Å². The number of ether oxygens (including phenoxy) is 4. The molecule has 2 heterocycles. The quantitative estimate of drug-likeness (QED) is 0.0918. The Hall–Kier alpha value is -0.573. The van der Waals surface area contributed by atoms with Crippen molar-refractivity contribution in [2.24, 2.45) is 23.7 Å². The van der Waals surface area contributed by atoms with E-state index in [1.807, 2.05) is 0 Å². The fourth-order valence-corrected chi connectivity index (χ4v) is 13.1. The summed E-state index contributed by atoms with van der Waals surface area (Å²) < 4.78 is 30.3. The molecule has 0 spiro atoms. The molecule has 0 N–H and O–H groups in total. The molecule has 35 heavy (non-hydrogen) atoms. The second kappa shape index (κ2) is 12.3. The van der Waals surface area contributed by atoms with Crippen molar-refractivity contribution in [2.45, 2.75) is 102 Å². The van der Waals surface area contributed by atoms with Gasteiger partial charge >= 0.3 is 0 Å². The third-order valence-electron chi connectivity index (χ3n) is 9.15. The first-order valence-electron chi connectivity index (χ1n) is 13.8. The fourth-order valence-electron chi connectivity index (χ4n) is 7.61. The van der Waals surface area contributed by atoms with Gasteiger partial charge in [-0.3, -0.25) is 0 Å². The second-order valence-electron chi connectivity index (χ2n) is 11.9. The summed E-state index contributed by atoms with van der Waals surface area (Å²) in [7, 11) is -0.227. The van der Waals surface area contributed by atoms with Crippen LogP contribution in [0.2, 0.25) is 16.6 Å². The third-order valence-corrected chi connectivity index (χ3v) is 15.3. The second-order valence-corrected chi connectivity index (χ2v) is 17.3. The maximum atomic E-state index is 12.7. The van der Waals surface area contributed by atoms with Gasteiger partial charge in [0.15, 0.2) is 14.6 Å². The molecule has 4 aliphatic rings. The summed E-state index contributed by atoms with van der Waals surface area (Å²) in [6.45, 7) is 18.1. The highest BCUT2D eigenvalue weighted by molar-refractivity contribution is 6.77. The molecule has 1 saturated carbocycles. The van der Waals surface area contributed by atoms with E-state index in [9.17, 15) is 4.79 Å². The molecule has 0 unspecified atom stereocenters. The van der Waals surface area contributed by atoms with E-state index in [1.165, 1.54) is 0 Å². The van der Waals surface area contributed by atoms with Crippen molar-refractivity contribution >= 4 is 14.6 Å². The molecule has 7 atom stereocenters. The zero-order valence-electron chi connectivity index (χ0n) is 23.3. The molecule has 2 saturated heterocycles. The van der Waals surface area contributed by atoms with E-state index in [0.29, 0.717) is 35.8 Å². The topological polar surface area (TPSA) is 63.2 Å². The van der Waals surface area contributed by atoms with E-state index < -0.39 is 13.9 Å². The van der Waals surface area contributed by atoms with Gasteiger partial charge in [0.05, 0.1) is 25.4 Å². The van der Waals surface area contributed by atoms with Gasteiger partial charge in [-0.15, -0.1) is 0 Å². The Labute approximate surface area is 214 Å². The summed E-state index contributed by atoms with van der Waals surface area (Å²) in [6, 6.07) is 0. The van der Waals surface area contributed by atoms with Gasteiger partial charge in [0.2, 0.25) is 0 Å². The van der Waals surface area contributed by atoms with Crippen LogP contribution in [0, 0.1) is 23.7 Å². The van der Waals surface area contributed by atoms with Crippen LogP contribution in [0.3, 0.4) is 0 Å². The van der Waals surface area contributed by atoms with E-state index in [4.69, 9.17) is 23.4 Å². The van der Waals surface area contributed by atoms with Crippen LogP contribution in [0.15, 0.2) is 12.2 Å². The highest BCUT2D eigenvalue weighted by Crippen LogP contribution is 2.56. The predicted octanol–water partition coefficient (Wildman–Crippen LogP) is 5.76. The minimum absolute atomic E-state index is 0.0254. The maximum absolute atomic E-state index is 12.7. The minimum atomic E-state index is -1.89. The summed E-state index contributed by atoms with van der Waals surface area (Å²) in [5.41, 5.74) is 0.903. The standard InChI is InChI=1S/C28H50O6Si/c1-19(2)35(20(3)4,21(5)6)33-13-9-10-24-12-11-23-16-25-22(7)27(32-18-31-15-14-30-8)26(23)28(24,17-29)34-25/h11-12,17,19-27H,9-10,13-16,18H2,1-8H3/t22-,23-,24-,25+,26-,27+,28-/m0/s1. The Balaban J connectivity index is 1.68. The van der Waals surface area contributed by atoms with Gasteiger partial charge in [-0.25, -0.2) is 0 Å². The molecule has 0 aromatic heterocycles. The lowest BCUT2D eigenvalue weighted by molar-refractivity contribution is -0.291. The number of allylic oxidation sites excluding steroid dienone is 1. The van der Waals surface area contributed by atoms with Crippen molar-refractivity contribution in [3.8, 4) is 0 Å². The van der Waals surface area contributed by atoms with Crippen LogP contribution in [0.5, 0.6) is 0 Å². The van der Waals surface area contributed by atoms with Crippen molar-refractivity contribution < 1.29 is 28.2 Å². The van der Waals surface area contributed by atoms with Crippen LogP contribution < -0.4 is 0 Å². The van der Waals surface area contributed by atoms with Crippen LogP contribution in [0.4, 0.5) is 0 Å². The normalized spacial score (nSPS) is 34.4. The largest absolute Gasteiger partial charge is 0.416 e. The minimum Gasteiger partial charge on any atom is -0.416 e. The SMILES string of the molecule is COCCOCO[C@@H]1[C@@H](C)[C@H]2C[C@@H]3C=C[C@H](CCCO[Si](C(C)C)(C(C)C)C(C)C)[C@](C=O)(O2)[C@H]13. The van der Waals surface area contributed by atoms with Gasteiger partial charge in [0, 0.05) is 31.5 Å². The highest BCUT2D eigenvalue weighted by Gasteiger charge is 2.64. The van der Waals surface area contributed by atoms with Gasteiger partial charge in [-0.05, 0) is 41.8 Å². The van der Waals surface area contributed by atoms with Gasteiger partial charge in [-0.2, -0.15) is 0 Å². The van der Waals surface area contributed by atoms with E-state index in [-0.39, 0.29) is 36.8 Å². The molecule has 0 amide bonds. The lowest BCUT2D eigenvalue weighted by Gasteiger charge is -2.61. The summed E-state index contributed by atoms with van der Waals surface area (Å²) in [6.07, 6.45) is 8.42. The Morgan fingerprint density at radius 3 is 2.34 bits per heavy atom. The van der Waals surface area contributed by atoms with Crippen molar-refractivity contribution in [2.75, 3.05) is 33.7 Å². The zero-order chi connectivity index (χ0) is 25.8. The molecule has 6 nitrogen and oxygen atoms in total. The van der Waals surface area contributed by atoms with E-state index in [0.717, 1.165) is 32.2 Å². The molecule has 4 bridgehead atoms. The number of aldehydes is 1. The molecular formula is C28H50O6Si. The predicted molar refractivity (Wildman–Crippen MR) is 141 cm³/mol. The molecule has 0 aromatic carbocycles. The Bertz CT molecular complexity index is 688. The van der Waals surface area contributed by atoms with Crippen molar-refractivity contribution in [3.63, 3.8) is 0 Å². The number of hydrogen-bond donors (Lipinski definition) is 0. The first-order valence-corrected chi connectivity index (χ1v) is 15.9. The highest BCUT2D eigenvalue weighted by atomic mass is 28.4. The fraction of sp³-hybridized carbons (Fsp3) is 0.893. The number of carbonyl (C=O) groups excluding carboxylic acids is 1. The molecule has 0 radical (unpaired) electrons. The van der Waals surface area contributed by atoms with Crippen molar-refractivity contribution in [1.29, 1.82) is 0 Å². The summed E-state index contributed by atoms with van der Waals surface area (Å²) in [4.78, 5) is 12.7. The van der Waals surface area contributed by atoms with Gasteiger partial charge in [0.25, 0.3) is 0 Å². The molecule has 7 heteroatoms. The number of rotatable bonds is 15. The van der Waals surface area contributed by atoms with Gasteiger partial charge in [-0.1, -0.05) is 60.6 Å². The number of hydrogen-bond acceptors (Lipinski definition) is 6.